The zero-order chi connectivity index (χ0) is 23.3. The fourth-order valence-corrected chi connectivity index (χ4v) is 5.98. The Labute approximate surface area is 190 Å². The van der Waals surface area contributed by atoms with Crippen LogP contribution in [0.15, 0.2) is 53.4 Å². The van der Waals surface area contributed by atoms with Gasteiger partial charge in [-0.25, -0.2) is 17.9 Å². The lowest BCUT2D eigenvalue weighted by Crippen LogP contribution is -2.47. The SMILES string of the molecule is CN1CCN(C(=O)c2cccc(-n3nc(C(=O)O)c4c3-c3ccccc3S(=O)(=O)C4)c2)CC1. The number of carboxylic acids is 1. The van der Waals surface area contributed by atoms with Crippen molar-refractivity contribution in [3.05, 3.63) is 65.4 Å². The van der Waals surface area contributed by atoms with Crippen LogP contribution in [0.4, 0.5) is 0 Å². The summed E-state index contributed by atoms with van der Waals surface area (Å²) in [7, 11) is -1.69. The number of nitrogens with zero attached hydrogens (tertiary/aromatic N) is 4. The maximum Gasteiger partial charge on any atom is 0.356 e. The van der Waals surface area contributed by atoms with E-state index < -0.39 is 21.6 Å². The molecule has 0 spiro atoms. The van der Waals surface area contributed by atoms with Crippen molar-refractivity contribution in [2.24, 2.45) is 0 Å². The van der Waals surface area contributed by atoms with Gasteiger partial charge in [0.05, 0.1) is 22.0 Å². The van der Waals surface area contributed by atoms with Gasteiger partial charge in [-0.15, -0.1) is 0 Å². The van der Waals surface area contributed by atoms with Crippen LogP contribution in [0, 0.1) is 0 Å². The molecule has 1 amide bonds. The first-order valence-corrected chi connectivity index (χ1v) is 12.2. The molecule has 2 aliphatic rings. The molecule has 3 heterocycles. The maximum atomic E-state index is 13.1. The number of piperazine rings is 1. The molecular weight excluding hydrogens is 444 g/mol. The average molecular weight is 467 g/mol. The molecule has 1 aromatic heterocycles. The zero-order valence-electron chi connectivity index (χ0n) is 17.9. The minimum atomic E-state index is -3.70. The number of hydrogen-bond donors (Lipinski definition) is 1. The van der Waals surface area contributed by atoms with Crippen LogP contribution in [0.25, 0.3) is 16.9 Å². The number of carbonyl (C=O) groups is 2. The molecule has 3 aromatic rings. The molecule has 9 nitrogen and oxygen atoms in total. The number of carboxylic acid groups (broad SMARTS) is 1. The Hall–Kier alpha value is -3.50. The lowest BCUT2D eigenvalue weighted by Gasteiger charge is -2.32. The summed E-state index contributed by atoms with van der Waals surface area (Å²) in [6, 6.07) is 13.3. The number of carbonyl (C=O) groups excluding carboxylic acids is 1. The summed E-state index contributed by atoms with van der Waals surface area (Å²) >= 11 is 0. The first kappa shape index (κ1) is 21.4. The Kier molecular flexibility index (Phi) is 5.06. The van der Waals surface area contributed by atoms with E-state index in [1.165, 1.54) is 10.7 Å². The summed E-state index contributed by atoms with van der Waals surface area (Å²) < 4.78 is 27.1. The van der Waals surface area contributed by atoms with Crippen LogP contribution < -0.4 is 0 Å². The summed E-state index contributed by atoms with van der Waals surface area (Å²) in [6.07, 6.45) is 0. The second kappa shape index (κ2) is 7.82. The molecule has 0 radical (unpaired) electrons. The van der Waals surface area contributed by atoms with Gasteiger partial charge in [0.2, 0.25) is 0 Å². The predicted octanol–water partition coefficient (Wildman–Crippen LogP) is 1.91. The third-order valence-corrected chi connectivity index (χ3v) is 7.82. The highest BCUT2D eigenvalue weighted by Gasteiger charge is 2.36. The summed E-state index contributed by atoms with van der Waals surface area (Å²) in [5.41, 5.74) is 1.62. The van der Waals surface area contributed by atoms with Crippen molar-refractivity contribution in [2.45, 2.75) is 10.6 Å². The molecule has 5 rings (SSSR count). The largest absolute Gasteiger partial charge is 0.476 e. The van der Waals surface area contributed by atoms with E-state index >= 15 is 0 Å². The van der Waals surface area contributed by atoms with Gasteiger partial charge in [-0.3, -0.25) is 4.79 Å². The van der Waals surface area contributed by atoms with Crippen molar-refractivity contribution in [2.75, 3.05) is 33.2 Å². The van der Waals surface area contributed by atoms with Crippen LogP contribution in [0.2, 0.25) is 0 Å². The van der Waals surface area contributed by atoms with Crippen LogP contribution in [0.1, 0.15) is 26.4 Å². The van der Waals surface area contributed by atoms with Crippen LogP contribution in [-0.2, 0) is 15.6 Å². The van der Waals surface area contributed by atoms with E-state index in [-0.39, 0.29) is 22.1 Å². The molecule has 0 bridgehead atoms. The minimum Gasteiger partial charge on any atom is -0.476 e. The van der Waals surface area contributed by atoms with Gasteiger partial charge < -0.3 is 14.9 Å². The highest BCUT2D eigenvalue weighted by molar-refractivity contribution is 7.90. The fraction of sp³-hybridized carbons (Fsp3) is 0.261. The smallest absolute Gasteiger partial charge is 0.356 e. The first-order valence-electron chi connectivity index (χ1n) is 10.5. The Morgan fingerprint density at radius 2 is 1.73 bits per heavy atom. The average Bonchev–Trinajstić information content (AvgIpc) is 3.18. The number of aromatic carboxylic acids is 1. The molecule has 1 saturated heterocycles. The molecule has 33 heavy (non-hydrogen) atoms. The van der Waals surface area contributed by atoms with E-state index in [0.717, 1.165) is 13.1 Å². The molecule has 1 fully saturated rings. The molecule has 0 unspecified atom stereocenters. The lowest BCUT2D eigenvalue weighted by atomic mass is 10.1. The van der Waals surface area contributed by atoms with Crippen molar-refractivity contribution in [1.82, 2.24) is 19.6 Å². The molecule has 2 aliphatic heterocycles. The number of rotatable bonds is 3. The van der Waals surface area contributed by atoms with E-state index in [1.807, 2.05) is 7.05 Å². The Morgan fingerprint density at radius 1 is 1.00 bits per heavy atom. The van der Waals surface area contributed by atoms with Gasteiger partial charge in [0.1, 0.15) is 0 Å². The zero-order valence-corrected chi connectivity index (χ0v) is 18.7. The highest BCUT2D eigenvalue weighted by atomic mass is 32.2. The van der Waals surface area contributed by atoms with Gasteiger partial charge in [0, 0.05) is 42.9 Å². The van der Waals surface area contributed by atoms with Gasteiger partial charge in [-0.2, -0.15) is 5.10 Å². The molecule has 1 N–H and O–H groups in total. The van der Waals surface area contributed by atoms with Crippen molar-refractivity contribution in [1.29, 1.82) is 0 Å². The van der Waals surface area contributed by atoms with E-state index in [9.17, 15) is 23.1 Å². The molecule has 0 saturated carbocycles. The topological polar surface area (TPSA) is 113 Å². The number of amides is 1. The van der Waals surface area contributed by atoms with Gasteiger partial charge in [-0.1, -0.05) is 24.3 Å². The third kappa shape index (κ3) is 3.61. The molecule has 170 valence electrons. The number of aromatic nitrogens is 2. The Morgan fingerprint density at radius 3 is 2.45 bits per heavy atom. The standard InChI is InChI=1S/C23H22N4O5S/c1-25-9-11-26(12-10-25)22(28)15-5-4-6-16(13-15)27-21-17-7-2-3-8-19(17)33(31,32)14-18(21)20(24-27)23(29)30/h2-8,13H,9-12,14H2,1H3,(H,29,30). The van der Waals surface area contributed by atoms with Crippen molar-refractivity contribution in [3.63, 3.8) is 0 Å². The van der Waals surface area contributed by atoms with Gasteiger partial charge in [0.25, 0.3) is 5.91 Å². The van der Waals surface area contributed by atoms with Gasteiger partial charge in [0.15, 0.2) is 15.5 Å². The molecule has 0 atom stereocenters. The van der Waals surface area contributed by atoms with Crippen LogP contribution in [0.3, 0.4) is 0 Å². The van der Waals surface area contributed by atoms with Crippen molar-refractivity contribution >= 4 is 21.7 Å². The van der Waals surface area contributed by atoms with Crippen LogP contribution >= 0.6 is 0 Å². The van der Waals surface area contributed by atoms with E-state index in [0.29, 0.717) is 35.6 Å². The minimum absolute atomic E-state index is 0.104. The summed E-state index contributed by atoms with van der Waals surface area (Å²) in [5.74, 6) is -1.85. The van der Waals surface area contributed by atoms with Crippen molar-refractivity contribution < 1.29 is 23.1 Å². The highest BCUT2D eigenvalue weighted by Crippen LogP contribution is 2.40. The summed E-state index contributed by atoms with van der Waals surface area (Å²) in [6.45, 7) is 2.85. The Balaban J connectivity index is 1.63. The first-order chi connectivity index (χ1) is 15.8. The molecular formula is C23H22N4O5S. The second-order valence-electron chi connectivity index (χ2n) is 8.29. The quantitative estimate of drug-likeness (QED) is 0.627. The normalized spacial score (nSPS) is 17.3. The van der Waals surface area contributed by atoms with Gasteiger partial charge >= 0.3 is 5.97 Å². The number of likely N-dealkylation sites (N-methyl/N-ethyl adjacent to an activating group) is 1. The molecule has 0 aliphatic carbocycles. The van der Waals surface area contributed by atoms with Gasteiger partial charge in [-0.05, 0) is 31.3 Å². The van der Waals surface area contributed by atoms with E-state index in [1.54, 1.807) is 47.4 Å². The second-order valence-corrected chi connectivity index (χ2v) is 10.3. The van der Waals surface area contributed by atoms with E-state index in [2.05, 4.69) is 10.00 Å². The fourth-order valence-electron chi connectivity index (χ4n) is 4.39. The Bertz CT molecular complexity index is 1390. The molecule has 2 aromatic carbocycles. The van der Waals surface area contributed by atoms with Crippen LogP contribution in [0.5, 0.6) is 0 Å². The number of benzene rings is 2. The van der Waals surface area contributed by atoms with E-state index in [4.69, 9.17) is 0 Å². The number of sulfone groups is 1. The third-order valence-electron chi connectivity index (χ3n) is 6.13. The number of fused-ring (bicyclic) bond motifs is 3. The lowest BCUT2D eigenvalue weighted by molar-refractivity contribution is 0.0661. The maximum absolute atomic E-state index is 13.1. The summed E-state index contributed by atoms with van der Waals surface area (Å²) in [4.78, 5) is 29.1. The predicted molar refractivity (Wildman–Crippen MR) is 120 cm³/mol. The summed E-state index contributed by atoms with van der Waals surface area (Å²) in [5, 5.41) is 14.0. The number of hydrogen-bond acceptors (Lipinski definition) is 6. The monoisotopic (exact) mass is 466 g/mol. The van der Waals surface area contributed by atoms with Crippen molar-refractivity contribution in [3.8, 4) is 16.9 Å². The molecule has 10 heteroatoms. The van der Waals surface area contributed by atoms with Crippen LogP contribution in [-0.4, -0.2) is 78.2 Å².